The summed E-state index contributed by atoms with van der Waals surface area (Å²) in [6.07, 6.45) is 57.0. The first-order valence-electron chi connectivity index (χ1n) is 39.1. The third-order valence-electron chi connectivity index (χ3n) is 17.5. The maximum absolute atomic E-state index is 13.1. The van der Waals surface area contributed by atoms with Crippen molar-refractivity contribution in [2.45, 2.75) is 412 Å². The van der Waals surface area contributed by atoms with E-state index in [1.807, 2.05) is 0 Å². The Morgan fingerprint density at radius 3 is 0.723 bits per heavy atom. The number of phosphoric acid groups is 2. The topological polar surface area (TPSA) is 237 Å². The molecule has 0 saturated carbocycles. The number of hydrogen-bond donors (Lipinski definition) is 3. The molecule has 0 aliphatic heterocycles. The predicted molar refractivity (Wildman–Crippen MR) is 382 cm³/mol. The molecule has 0 aliphatic carbocycles. The van der Waals surface area contributed by atoms with Gasteiger partial charge in [0.2, 0.25) is 0 Å². The molecular weight excluding hydrogens is 1230 g/mol. The molecule has 5 atom stereocenters. The molecule has 0 aromatic heterocycles. The molecule has 0 aromatic carbocycles. The molecule has 0 amide bonds. The second-order valence-electron chi connectivity index (χ2n) is 27.5. The van der Waals surface area contributed by atoms with Crippen molar-refractivity contribution in [2.24, 2.45) is 5.92 Å². The van der Waals surface area contributed by atoms with E-state index in [0.717, 1.165) is 109 Å². The van der Waals surface area contributed by atoms with Crippen LogP contribution in [-0.2, 0) is 65.4 Å². The monoisotopic (exact) mass is 1380 g/mol. The number of hydrogen-bond acceptors (Lipinski definition) is 15. The Balaban J connectivity index is 5.19. The molecule has 0 bridgehead atoms. The summed E-state index contributed by atoms with van der Waals surface area (Å²) in [5.74, 6) is -1.32. The van der Waals surface area contributed by atoms with Gasteiger partial charge < -0.3 is 33.8 Å². The zero-order chi connectivity index (χ0) is 69.1. The zero-order valence-corrected chi connectivity index (χ0v) is 62.9. The maximum atomic E-state index is 13.1. The van der Waals surface area contributed by atoms with Gasteiger partial charge in [0.1, 0.15) is 19.3 Å². The average Bonchev–Trinajstić information content (AvgIpc) is 1.74. The van der Waals surface area contributed by atoms with Crippen molar-refractivity contribution in [3.05, 3.63) is 0 Å². The summed E-state index contributed by atoms with van der Waals surface area (Å²) in [6.45, 7) is 7.27. The van der Waals surface area contributed by atoms with Gasteiger partial charge in [0.05, 0.1) is 26.4 Å². The molecule has 2 unspecified atom stereocenters. The molecule has 0 rings (SSSR count). The Hall–Kier alpha value is -1.94. The molecule has 19 heteroatoms. The van der Waals surface area contributed by atoms with E-state index in [4.69, 9.17) is 37.0 Å². The summed E-state index contributed by atoms with van der Waals surface area (Å²) in [4.78, 5) is 72.6. The van der Waals surface area contributed by atoms with Gasteiger partial charge in [0, 0.05) is 25.7 Å². The highest BCUT2D eigenvalue weighted by Crippen LogP contribution is 2.45. The van der Waals surface area contributed by atoms with Crippen LogP contribution in [0.2, 0.25) is 0 Å². The summed E-state index contributed by atoms with van der Waals surface area (Å²) in [5.41, 5.74) is 0. The molecule has 0 spiro atoms. The van der Waals surface area contributed by atoms with Crippen LogP contribution >= 0.6 is 15.6 Å². The van der Waals surface area contributed by atoms with Crippen molar-refractivity contribution in [1.29, 1.82) is 0 Å². The number of aliphatic hydroxyl groups excluding tert-OH is 1. The lowest BCUT2D eigenvalue weighted by Gasteiger charge is -2.21. The second-order valence-corrected chi connectivity index (χ2v) is 30.4. The number of ether oxygens (including phenoxy) is 4. The number of unbranched alkanes of at least 4 members (excludes halogenated alkanes) is 47. The molecule has 0 heterocycles. The minimum Gasteiger partial charge on any atom is -0.462 e. The largest absolute Gasteiger partial charge is 0.472 e. The number of aliphatic hydroxyl groups is 1. The van der Waals surface area contributed by atoms with Crippen LogP contribution in [0.1, 0.15) is 394 Å². The summed E-state index contributed by atoms with van der Waals surface area (Å²) in [5, 5.41) is 10.6. The predicted octanol–water partition coefficient (Wildman–Crippen LogP) is 22.1. The summed E-state index contributed by atoms with van der Waals surface area (Å²) >= 11 is 0. The Kier molecular flexibility index (Phi) is 66.8. The third-order valence-corrected chi connectivity index (χ3v) is 19.4. The van der Waals surface area contributed by atoms with E-state index in [0.29, 0.717) is 25.7 Å². The second kappa shape index (κ2) is 68.2. The van der Waals surface area contributed by atoms with Crippen LogP contribution in [0.15, 0.2) is 0 Å². The van der Waals surface area contributed by atoms with Crippen molar-refractivity contribution >= 4 is 39.5 Å². The molecular formula is C75H146O17P2. The van der Waals surface area contributed by atoms with Crippen LogP contribution in [0.3, 0.4) is 0 Å². The lowest BCUT2D eigenvalue weighted by atomic mass is 10.0. The number of carbonyl (C=O) groups excluding carboxylic acids is 4. The van der Waals surface area contributed by atoms with E-state index in [-0.39, 0.29) is 25.7 Å². The summed E-state index contributed by atoms with van der Waals surface area (Å²) in [6, 6.07) is 0. The van der Waals surface area contributed by atoms with Crippen molar-refractivity contribution < 1.29 is 80.2 Å². The highest BCUT2D eigenvalue weighted by Gasteiger charge is 2.30. The fourth-order valence-corrected chi connectivity index (χ4v) is 13.1. The van der Waals surface area contributed by atoms with Crippen molar-refractivity contribution in [1.82, 2.24) is 0 Å². The van der Waals surface area contributed by atoms with Crippen molar-refractivity contribution in [2.75, 3.05) is 39.6 Å². The fraction of sp³-hybridized carbons (Fsp3) is 0.947. The van der Waals surface area contributed by atoms with Crippen molar-refractivity contribution in [3.8, 4) is 0 Å². The quantitative estimate of drug-likeness (QED) is 0.0222. The minimum absolute atomic E-state index is 0.107. The Morgan fingerprint density at radius 2 is 0.489 bits per heavy atom. The lowest BCUT2D eigenvalue weighted by Crippen LogP contribution is -2.30. The molecule has 94 heavy (non-hydrogen) atoms. The molecule has 0 fully saturated rings. The van der Waals surface area contributed by atoms with Gasteiger partial charge in [-0.05, 0) is 31.6 Å². The normalized spacial score (nSPS) is 14.0. The molecule has 17 nitrogen and oxygen atoms in total. The third kappa shape index (κ3) is 68.6. The van der Waals surface area contributed by atoms with Crippen LogP contribution in [0.25, 0.3) is 0 Å². The van der Waals surface area contributed by atoms with Crippen molar-refractivity contribution in [3.63, 3.8) is 0 Å². The summed E-state index contributed by atoms with van der Waals surface area (Å²) < 4.78 is 68.4. The highest BCUT2D eigenvalue weighted by molar-refractivity contribution is 7.47. The average molecular weight is 1380 g/mol. The Morgan fingerprint density at radius 1 is 0.287 bits per heavy atom. The first-order chi connectivity index (χ1) is 45.5. The molecule has 0 radical (unpaired) electrons. The van der Waals surface area contributed by atoms with Crippen LogP contribution in [0, 0.1) is 5.92 Å². The van der Waals surface area contributed by atoms with E-state index >= 15 is 0 Å². The van der Waals surface area contributed by atoms with Gasteiger partial charge in [-0.25, -0.2) is 9.13 Å². The lowest BCUT2D eigenvalue weighted by molar-refractivity contribution is -0.161. The van der Waals surface area contributed by atoms with Crippen LogP contribution in [-0.4, -0.2) is 96.7 Å². The van der Waals surface area contributed by atoms with E-state index < -0.39 is 97.5 Å². The molecule has 0 aliphatic rings. The standard InChI is InChI=1S/C75H146O17P2/c1-6-9-12-15-18-20-22-24-25-26-29-32-36-39-44-49-54-59-73(78)86-65-71(92-75(80)61-56-51-46-41-37-33-30-27-28-31-34-38-43-47-52-57-68(4)5)67-90-94(83,84)88-63-69(76)62-87-93(81,82)89-66-70(64-85-72(77)58-53-48-42-17-14-11-8-3)91-74(79)60-55-50-45-40-35-23-21-19-16-13-10-7-2/h68-71,76H,6-67H2,1-5H3,(H,81,82)(H,83,84)/t69-,70+,71+/m0/s1. The molecule has 558 valence electrons. The molecule has 3 N–H and O–H groups in total. The van der Waals surface area contributed by atoms with E-state index in [2.05, 4.69) is 34.6 Å². The first kappa shape index (κ1) is 92.1. The highest BCUT2D eigenvalue weighted by atomic mass is 31.2. The van der Waals surface area contributed by atoms with Gasteiger partial charge in [-0.15, -0.1) is 0 Å². The first-order valence-corrected chi connectivity index (χ1v) is 42.1. The Bertz CT molecular complexity index is 1810. The number of carbonyl (C=O) groups is 4. The SMILES string of the molecule is CCCCCCCCCCCCCCCCCCCC(=O)OC[C@H](COP(=O)(O)OC[C@@H](O)COP(=O)(O)OC[C@@H](COC(=O)CCCCCCCCC)OC(=O)CCCCCCCCCCCCCC)OC(=O)CCCCCCCCCCCCCCCCCC(C)C. The smallest absolute Gasteiger partial charge is 0.462 e. The Labute approximate surface area is 575 Å². The fourth-order valence-electron chi connectivity index (χ4n) is 11.5. The molecule has 0 aromatic rings. The van der Waals surface area contributed by atoms with Gasteiger partial charge in [0.25, 0.3) is 0 Å². The summed E-state index contributed by atoms with van der Waals surface area (Å²) in [7, 11) is -9.90. The van der Waals surface area contributed by atoms with Gasteiger partial charge in [0.15, 0.2) is 12.2 Å². The van der Waals surface area contributed by atoms with Gasteiger partial charge in [-0.1, -0.05) is 343 Å². The van der Waals surface area contributed by atoms with E-state index in [1.165, 1.54) is 205 Å². The zero-order valence-electron chi connectivity index (χ0n) is 61.1. The number of phosphoric ester groups is 2. The van der Waals surface area contributed by atoms with Crippen LogP contribution in [0.5, 0.6) is 0 Å². The van der Waals surface area contributed by atoms with Gasteiger partial charge >= 0.3 is 39.5 Å². The number of esters is 4. The molecule has 0 saturated heterocycles. The van der Waals surface area contributed by atoms with E-state index in [9.17, 15) is 43.2 Å². The van der Waals surface area contributed by atoms with Crippen LogP contribution < -0.4 is 0 Å². The maximum Gasteiger partial charge on any atom is 0.472 e. The van der Waals surface area contributed by atoms with Gasteiger partial charge in [-0.2, -0.15) is 0 Å². The van der Waals surface area contributed by atoms with Crippen LogP contribution in [0.4, 0.5) is 0 Å². The van der Waals surface area contributed by atoms with E-state index in [1.54, 1.807) is 0 Å². The minimum atomic E-state index is -4.96. The van der Waals surface area contributed by atoms with Gasteiger partial charge in [-0.3, -0.25) is 37.3 Å². The number of rotatable bonds is 75.